The first kappa shape index (κ1) is 19.8. The van der Waals surface area contributed by atoms with Crippen LogP contribution in [0.1, 0.15) is 65.8 Å². The molecule has 0 spiro atoms. The fraction of sp³-hybridized carbons (Fsp3) is 0.286. The molecular weight excluding hydrogens is 418 g/mol. The minimum absolute atomic E-state index is 0.0871. The summed E-state index contributed by atoms with van der Waals surface area (Å²) >= 11 is 6.05. The van der Waals surface area contributed by atoms with Gasteiger partial charge < -0.3 is 0 Å². The van der Waals surface area contributed by atoms with Crippen LogP contribution in [0.4, 0.5) is 5.69 Å². The number of imide groups is 1. The summed E-state index contributed by atoms with van der Waals surface area (Å²) in [6, 6.07) is 22.1. The van der Waals surface area contributed by atoms with Gasteiger partial charge in [-0.1, -0.05) is 67.9 Å². The Balaban J connectivity index is 1.54. The SMILES string of the molecule is CC[C@@H](C)c1ccc2c(c1)[C@@H]1c3ccccc3[C@@H]2[C@@H]2C(=O)N(c3ccc(Cl)cc3)C(=O)[C@H]12. The highest BCUT2D eigenvalue weighted by Crippen LogP contribution is 2.61. The fourth-order valence-corrected chi connectivity index (χ4v) is 6.26. The summed E-state index contributed by atoms with van der Waals surface area (Å²) in [5.74, 6) is -0.629. The Hall–Kier alpha value is -2.91. The van der Waals surface area contributed by atoms with Crippen molar-refractivity contribution < 1.29 is 9.59 Å². The average molecular weight is 442 g/mol. The standard InChI is InChI=1S/C28H24ClNO2/c1-3-15(2)16-8-13-21-22(14-16)24-20-7-5-4-6-19(20)23(21)25-26(24)28(32)30(27(25)31)18-11-9-17(29)10-12-18/h4-15,23-26H,3H2,1-2H3/t15-,23+,24+,25+,26-/m1/s1. The molecular formula is C28H24ClNO2. The molecule has 5 atom stereocenters. The maximum absolute atomic E-state index is 13.8. The number of carbonyl (C=O) groups excluding carboxylic acids is 2. The second kappa shape index (κ2) is 7.05. The number of hydrogen-bond donors (Lipinski definition) is 0. The Morgan fingerprint density at radius 2 is 1.38 bits per heavy atom. The van der Waals surface area contributed by atoms with E-state index < -0.39 is 0 Å². The zero-order valence-electron chi connectivity index (χ0n) is 18.1. The molecule has 0 N–H and O–H groups in total. The van der Waals surface area contributed by atoms with E-state index >= 15 is 0 Å². The molecule has 1 heterocycles. The molecule has 1 saturated heterocycles. The molecule has 0 radical (unpaired) electrons. The van der Waals surface area contributed by atoms with Crippen molar-refractivity contribution in [3.05, 3.63) is 99.6 Å². The van der Waals surface area contributed by atoms with Crippen molar-refractivity contribution in [2.45, 2.75) is 38.0 Å². The Morgan fingerprint density at radius 1 is 0.812 bits per heavy atom. The Morgan fingerprint density at radius 3 is 1.97 bits per heavy atom. The Labute approximate surface area is 193 Å². The number of rotatable bonds is 3. The van der Waals surface area contributed by atoms with Crippen LogP contribution in [0.5, 0.6) is 0 Å². The summed E-state index contributed by atoms with van der Waals surface area (Å²) in [5, 5.41) is 0.586. The lowest BCUT2D eigenvalue weighted by Gasteiger charge is -2.46. The molecule has 1 aliphatic heterocycles. The number of nitrogens with zero attached hydrogens (tertiary/aromatic N) is 1. The van der Waals surface area contributed by atoms with E-state index in [1.807, 2.05) is 12.1 Å². The van der Waals surface area contributed by atoms with E-state index in [4.69, 9.17) is 11.6 Å². The molecule has 32 heavy (non-hydrogen) atoms. The maximum Gasteiger partial charge on any atom is 0.238 e. The van der Waals surface area contributed by atoms with Gasteiger partial charge >= 0.3 is 0 Å². The summed E-state index contributed by atoms with van der Waals surface area (Å²) in [4.78, 5) is 28.9. The predicted octanol–water partition coefficient (Wildman–Crippen LogP) is 6.25. The van der Waals surface area contributed by atoms with Crippen LogP contribution >= 0.6 is 11.6 Å². The molecule has 160 valence electrons. The Bertz CT molecular complexity index is 1260. The van der Waals surface area contributed by atoms with Crippen LogP contribution in [-0.2, 0) is 9.59 Å². The van der Waals surface area contributed by atoms with E-state index in [2.05, 4.69) is 44.2 Å². The van der Waals surface area contributed by atoms with Gasteiger partial charge in [0.05, 0.1) is 17.5 Å². The molecule has 7 rings (SSSR count). The first-order valence-electron chi connectivity index (χ1n) is 11.4. The van der Waals surface area contributed by atoms with Crippen molar-refractivity contribution in [2.75, 3.05) is 4.90 Å². The van der Waals surface area contributed by atoms with Crippen molar-refractivity contribution in [3.63, 3.8) is 0 Å². The van der Waals surface area contributed by atoms with Crippen LogP contribution < -0.4 is 4.90 Å². The van der Waals surface area contributed by atoms with Crippen molar-refractivity contribution in [2.24, 2.45) is 11.8 Å². The van der Waals surface area contributed by atoms with Crippen LogP contribution in [0.2, 0.25) is 5.02 Å². The second-order valence-corrected chi connectivity index (χ2v) is 9.76. The van der Waals surface area contributed by atoms with Gasteiger partial charge in [-0.05, 0) is 64.4 Å². The second-order valence-electron chi connectivity index (χ2n) is 9.32. The fourth-order valence-electron chi connectivity index (χ4n) is 6.13. The molecule has 2 amide bonds. The molecule has 3 nitrogen and oxygen atoms in total. The normalized spacial score (nSPS) is 26.0. The number of hydrogen-bond acceptors (Lipinski definition) is 2. The van der Waals surface area contributed by atoms with Gasteiger partial charge in [0, 0.05) is 16.9 Å². The molecule has 4 heteroatoms. The third kappa shape index (κ3) is 2.55. The summed E-state index contributed by atoms with van der Waals surface area (Å²) < 4.78 is 0. The number of anilines is 1. The van der Waals surface area contributed by atoms with Gasteiger partial charge in [-0.25, -0.2) is 4.90 Å². The summed E-state index contributed by atoms with van der Waals surface area (Å²) in [6.07, 6.45) is 1.07. The highest BCUT2D eigenvalue weighted by Gasteiger charge is 2.61. The van der Waals surface area contributed by atoms with E-state index in [1.54, 1.807) is 24.3 Å². The topological polar surface area (TPSA) is 37.4 Å². The lowest BCUT2D eigenvalue weighted by Crippen LogP contribution is -2.41. The lowest BCUT2D eigenvalue weighted by atomic mass is 9.54. The molecule has 3 aromatic rings. The smallest absolute Gasteiger partial charge is 0.238 e. The van der Waals surface area contributed by atoms with Crippen LogP contribution in [0.25, 0.3) is 0 Å². The van der Waals surface area contributed by atoms with Gasteiger partial charge in [-0.2, -0.15) is 0 Å². The van der Waals surface area contributed by atoms with Gasteiger partial charge in [0.15, 0.2) is 0 Å². The number of amides is 2. The van der Waals surface area contributed by atoms with E-state index in [0.29, 0.717) is 16.6 Å². The van der Waals surface area contributed by atoms with E-state index in [9.17, 15) is 9.59 Å². The lowest BCUT2D eigenvalue weighted by molar-refractivity contribution is -0.122. The minimum atomic E-state index is -0.363. The maximum atomic E-state index is 13.8. The van der Waals surface area contributed by atoms with Gasteiger partial charge in [-0.3, -0.25) is 9.59 Å². The molecule has 2 bridgehead atoms. The monoisotopic (exact) mass is 441 g/mol. The minimum Gasteiger partial charge on any atom is -0.274 e. The third-order valence-corrected chi connectivity index (χ3v) is 8.08. The van der Waals surface area contributed by atoms with Gasteiger partial charge in [-0.15, -0.1) is 0 Å². The summed E-state index contributed by atoms with van der Waals surface area (Å²) in [5.41, 5.74) is 6.74. The van der Waals surface area contributed by atoms with Crippen molar-refractivity contribution >= 4 is 29.1 Å². The van der Waals surface area contributed by atoms with Gasteiger partial charge in [0.1, 0.15) is 0 Å². The number of carbonyl (C=O) groups is 2. The van der Waals surface area contributed by atoms with Gasteiger partial charge in [0.2, 0.25) is 11.8 Å². The first-order valence-corrected chi connectivity index (χ1v) is 11.7. The molecule has 3 aromatic carbocycles. The zero-order chi connectivity index (χ0) is 22.1. The number of benzene rings is 3. The molecule has 0 saturated carbocycles. The molecule has 0 unspecified atom stereocenters. The zero-order valence-corrected chi connectivity index (χ0v) is 18.8. The largest absolute Gasteiger partial charge is 0.274 e. The van der Waals surface area contributed by atoms with E-state index in [1.165, 1.54) is 32.7 Å². The predicted molar refractivity (Wildman–Crippen MR) is 126 cm³/mol. The quantitative estimate of drug-likeness (QED) is 0.450. The van der Waals surface area contributed by atoms with Crippen molar-refractivity contribution in [1.29, 1.82) is 0 Å². The van der Waals surface area contributed by atoms with E-state index in [-0.39, 0.29) is 35.5 Å². The highest BCUT2D eigenvalue weighted by atomic mass is 35.5. The molecule has 4 aliphatic rings. The molecule has 3 aliphatic carbocycles. The summed E-state index contributed by atoms with van der Waals surface area (Å²) in [7, 11) is 0. The van der Waals surface area contributed by atoms with Gasteiger partial charge in [0.25, 0.3) is 0 Å². The van der Waals surface area contributed by atoms with Crippen LogP contribution in [0.15, 0.2) is 66.7 Å². The first-order chi connectivity index (χ1) is 15.5. The van der Waals surface area contributed by atoms with Crippen LogP contribution in [-0.4, -0.2) is 11.8 Å². The highest BCUT2D eigenvalue weighted by molar-refractivity contribution is 6.31. The van der Waals surface area contributed by atoms with Crippen LogP contribution in [0.3, 0.4) is 0 Å². The number of halogens is 1. The molecule has 0 aromatic heterocycles. The molecule has 1 fully saturated rings. The average Bonchev–Trinajstić information content (AvgIpc) is 3.09. The van der Waals surface area contributed by atoms with Crippen molar-refractivity contribution in [3.8, 4) is 0 Å². The van der Waals surface area contributed by atoms with Crippen molar-refractivity contribution in [1.82, 2.24) is 0 Å². The van der Waals surface area contributed by atoms with Crippen LogP contribution in [0, 0.1) is 11.8 Å². The van der Waals surface area contributed by atoms with E-state index in [0.717, 1.165) is 6.42 Å². The third-order valence-electron chi connectivity index (χ3n) is 7.83. The Kier molecular flexibility index (Phi) is 4.35. The summed E-state index contributed by atoms with van der Waals surface area (Å²) in [6.45, 7) is 4.44.